The molecule has 5 heteroatoms. The SMILES string of the molecule is CCC1CCN(c2ccc(C(=O)O)c(Br)c2F)CC1. The summed E-state index contributed by atoms with van der Waals surface area (Å²) in [5.74, 6) is -0.877. The molecular formula is C14H17BrFNO2. The summed E-state index contributed by atoms with van der Waals surface area (Å²) in [6.07, 6.45) is 3.29. The zero-order valence-electron chi connectivity index (χ0n) is 10.8. The van der Waals surface area contributed by atoms with Crippen LogP contribution in [0.5, 0.6) is 0 Å². The average Bonchev–Trinajstić information content (AvgIpc) is 2.41. The molecule has 1 heterocycles. The maximum absolute atomic E-state index is 14.2. The number of nitrogens with zero attached hydrogens (tertiary/aromatic N) is 1. The summed E-state index contributed by atoms with van der Waals surface area (Å²) < 4.78 is 14.3. The van der Waals surface area contributed by atoms with Crippen LogP contribution in [0.1, 0.15) is 36.5 Å². The zero-order valence-corrected chi connectivity index (χ0v) is 12.4. The molecule has 3 nitrogen and oxygen atoms in total. The van der Waals surface area contributed by atoms with E-state index < -0.39 is 11.8 Å². The van der Waals surface area contributed by atoms with Gasteiger partial charge in [0.15, 0.2) is 5.82 Å². The lowest BCUT2D eigenvalue weighted by molar-refractivity contribution is 0.0695. The third kappa shape index (κ3) is 2.91. The van der Waals surface area contributed by atoms with Crippen molar-refractivity contribution in [1.82, 2.24) is 0 Å². The van der Waals surface area contributed by atoms with E-state index in [1.807, 2.05) is 4.90 Å². The van der Waals surface area contributed by atoms with Gasteiger partial charge in [0.05, 0.1) is 15.7 Å². The van der Waals surface area contributed by atoms with Crippen molar-refractivity contribution in [2.24, 2.45) is 5.92 Å². The van der Waals surface area contributed by atoms with Crippen LogP contribution in [0, 0.1) is 11.7 Å². The van der Waals surface area contributed by atoms with Crippen molar-refractivity contribution in [3.05, 3.63) is 28.0 Å². The zero-order chi connectivity index (χ0) is 14.0. The van der Waals surface area contributed by atoms with Gasteiger partial charge in [0.2, 0.25) is 0 Å². The number of aromatic carboxylic acids is 1. The summed E-state index contributed by atoms with van der Waals surface area (Å²) >= 11 is 3.04. The molecule has 0 unspecified atom stereocenters. The maximum Gasteiger partial charge on any atom is 0.336 e. The standard InChI is InChI=1S/C14H17BrFNO2/c1-2-9-5-7-17(8-6-9)11-4-3-10(14(18)19)12(15)13(11)16/h3-4,9H,2,5-8H2,1H3,(H,18,19). The van der Waals surface area contributed by atoms with Gasteiger partial charge in [-0.1, -0.05) is 13.3 Å². The van der Waals surface area contributed by atoms with Crippen molar-refractivity contribution in [3.8, 4) is 0 Å². The number of carbonyl (C=O) groups is 1. The summed E-state index contributed by atoms with van der Waals surface area (Å²) in [6, 6.07) is 3.02. The van der Waals surface area contributed by atoms with Crippen LogP contribution in [0.4, 0.5) is 10.1 Å². The summed E-state index contributed by atoms with van der Waals surface area (Å²) in [5, 5.41) is 8.95. The predicted molar refractivity (Wildman–Crippen MR) is 76.3 cm³/mol. The highest BCUT2D eigenvalue weighted by Crippen LogP contribution is 2.32. The molecule has 1 fully saturated rings. The van der Waals surface area contributed by atoms with Crippen molar-refractivity contribution in [2.75, 3.05) is 18.0 Å². The molecule has 0 bridgehead atoms. The molecule has 1 N–H and O–H groups in total. The molecule has 0 saturated carbocycles. The van der Waals surface area contributed by atoms with Gasteiger partial charge in [-0.3, -0.25) is 0 Å². The normalized spacial score (nSPS) is 16.7. The molecule has 1 aromatic rings. The molecule has 0 atom stereocenters. The Morgan fingerprint density at radius 3 is 2.63 bits per heavy atom. The van der Waals surface area contributed by atoms with Crippen LogP contribution in [0.3, 0.4) is 0 Å². The smallest absolute Gasteiger partial charge is 0.336 e. The number of carboxylic acids is 1. The Kier molecular flexibility index (Phi) is 4.45. The fourth-order valence-electron chi connectivity index (χ4n) is 2.53. The highest BCUT2D eigenvalue weighted by atomic mass is 79.9. The van der Waals surface area contributed by atoms with Crippen LogP contribution in [0.15, 0.2) is 16.6 Å². The third-order valence-electron chi connectivity index (χ3n) is 3.82. The Bertz CT molecular complexity index is 485. The molecule has 0 spiro atoms. The van der Waals surface area contributed by atoms with Gasteiger partial charge in [-0.25, -0.2) is 9.18 Å². The minimum absolute atomic E-state index is 0.0371. The number of carboxylic acid groups (broad SMARTS) is 1. The van der Waals surface area contributed by atoms with E-state index in [1.54, 1.807) is 6.07 Å². The van der Waals surface area contributed by atoms with Gasteiger partial charge in [0.1, 0.15) is 0 Å². The molecule has 1 saturated heterocycles. The van der Waals surface area contributed by atoms with Gasteiger partial charge >= 0.3 is 5.97 Å². The number of piperidine rings is 1. The highest BCUT2D eigenvalue weighted by molar-refractivity contribution is 9.10. The van der Waals surface area contributed by atoms with Crippen LogP contribution >= 0.6 is 15.9 Å². The summed E-state index contributed by atoms with van der Waals surface area (Å²) in [5.41, 5.74) is 0.455. The van der Waals surface area contributed by atoms with E-state index in [-0.39, 0.29) is 10.0 Å². The highest BCUT2D eigenvalue weighted by Gasteiger charge is 2.23. The lowest BCUT2D eigenvalue weighted by atomic mass is 9.94. The minimum Gasteiger partial charge on any atom is -0.478 e. The first-order valence-corrected chi connectivity index (χ1v) is 7.30. The average molecular weight is 330 g/mol. The fourth-order valence-corrected chi connectivity index (χ4v) is 3.04. The largest absolute Gasteiger partial charge is 0.478 e. The Labute approximate surface area is 120 Å². The van der Waals surface area contributed by atoms with Crippen LogP contribution < -0.4 is 4.90 Å². The van der Waals surface area contributed by atoms with E-state index in [0.29, 0.717) is 5.69 Å². The van der Waals surface area contributed by atoms with Crippen LogP contribution in [-0.4, -0.2) is 24.2 Å². The van der Waals surface area contributed by atoms with Crippen molar-refractivity contribution >= 4 is 27.6 Å². The molecular weight excluding hydrogens is 313 g/mol. The summed E-state index contributed by atoms with van der Waals surface area (Å²) in [6.45, 7) is 3.84. The van der Waals surface area contributed by atoms with E-state index >= 15 is 0 Å². The molecule has 19 heavy (non-hydrogen) atoms. The van der Waals surface area contributed by atoms with Gasteiger partial charge in [-0.2, -0.15) is 0 Å². The maximum atomic E-state index is 14.2. The van der Waals surface area contributed by atoms with Crippen LogP contribution in [-0.2, 0) is 0 Å². The van der Waals surface area contributed by atoms with E-state index in [4.69, 9.17) is 5.11 Å². The number of halogens is 2. The number of rotatable bonds is 3. The second-order valence-corrected chi connectivity index (χ2v) is 5.70. The lowest BCUT2D eigenvalue weighted by Crippen LogP contribution is -2.34. The first-order valence-electron chi connectivity index (χ1n) is 6.50. The van der Waals surface area contributed by atoms with Gasteiger partial charge in [-0.15, -0.1) is 0 Å². The van der Waals surface area contributed by atoms with Gasteiger partial charge in [0, 0.05) is 13.1 Å². The van der Waals surface area contributed by atoms with E-state index in [2.05, 4.69) is 22.9 Å². The summed E-state index contributed by atoms with van der Waals surface area (Å²) in [4.78, 5) is 12.9. The lowest BCUT2D eigenvalue weighted by Gasteiger charge is -2.33. The minimum atomic E-state index is -1.12. The van der Waals surface area contributed by atoms with Gasteiger partial charge in [-0.05, 0) is 46.8 Å². The monoisotopic (exact) mass is 329 g/mol. The number of hydrogen-bond acceptors (Lipinski definition) is 2. The van der Waals surface area contributed by atoms with Gasteiger partial charge in [0.25, 0.3) is 0 Å². The van der Waals surface area contributed by atoms with Crippen molar-refractivity contribution in [1.29, 1.82) is 0 Å². The van der Waals surface area contributed by atoms with E-state index in [1.165, 1.54) is 6.07 Å². The molecule has 0 radical (unpaired) electrons. The van der Waals surface area contributed by atoms with Crippen molar-refractivity contribution in [2.45, 2.75) is 26.2 Å². The van der Waals surface area contributed by atoms with Crippen molar-refractivity contribution in [3.63, 3.8) is 0 Å². The van der Waals surface area contributed by atoms with E-state index in [0.717, 1.165) is 38.3 Å². The molecule has 0 aromatic heterocycles. The third-order valence-corrected chi connectivity index (χ3v) is 4.60. The Morgan fingerprint density at radius 1 is 1.47 bits per heavy atom. The number of hydrogen-bond donors (Lipinski definition) is 1. The molecule has 2 rings (SSSR count). The predicted octanol–water partition coefficient (Wildman–Crippen LogP) is 3.91. The quantitative estimate of drug-likeness (QED) is 0.913. The number of anilines is 1. The first-order chi connectivity index (χ1) is 9.04. The Hall–Kier alpha value is -1.10. The summed E-state index contributed by atoms with van der Waals surface area (Å²) in [7, 11) is 0. The molecule has 1 aliphatic rings. The van der Waals surface area contributed by atoms with Crippen LogP contribution in [0.2, 0.25) is 0 Å². The molecule has 1 aliphatic heterocycles. The van der Waals surface area contributed by atoms with Crippen LogP contribution in [0.25, 0.3) is 0 Å². The number of benzene rings is 1. The fraction of sp³-hybridized carbons (Fsp3) is 0.500. The topological polar surface area (TPSA) is 40.5 Å². The van der Waals surface area contributed by atoms with Gasteiger partial charge < -0.3 is 10.0 Å². The Balaban J connectivity index is 2.22. The van der Waals surface area contributed by atoms with E-state index in [9.17, 15) is 9.18 Å². The molecule has 1 aromatic carbocycles. The van der Waals surface area contributed by atoms with Crippen molar-refractivity contribution < 1.29 is 14.3 Å². The second kappa shape index (κ2) is 5.90. The molecule has 0 aliphatic carbocycles. The first kappa shape index (κ1) is 14.3. The molecule has 104 valence electrons. The second-order valence-electron chi connectivity index (χ2n) is 4.90. The Morgan fingerprint density at radius 2 is 2.11 bits per heavy atom. The molecule has 0 amide bonds.